The second-order valence-electron chi connectivity index (χ2n) is 7.78. The molecule has 0 saturated heterocycles. The van der Waals surface area contributed by atoms with Crippen LogP contribution in [-0.2, 0) is 16.4 Å². The van der Waals surface area contributed by atoms with E-state index in [0.717, 1.165) is 41.6 Å². The molecule has 0 bridgehead atoms. The highest BCUT2D eigenvalue weighted by molar-refractivity contribution is 7.92. The number of hydrogen-bond donors (Lipinski definition) is 2. The molecule has 8 nitrogen and oxygen atoms in total. The monoisotopic (exact) mass is 436 g/mol. The number of pyridine rings is 1. The largest absolute Gasteiger partial charge is 0.371 e. The molecule has 1 aliphatic heterocycles. The predicted molar refractivity (Wildman–Crippen MR) is 122 cm³/mol. The summed E-state index contributed by atoms with van der Waals surface area (Å²) < 4.78 is 27.7. The smallest absolute Gasteiger partial charge is 0.281 e. The first-order valence-electron chi connectivity index (χ1n) is 10.2. The zero-order valence-corrected chi connectivity index (χ0v) is 18.5. The van der Waals surface area contributed by atoms with Crippen LogP contribution in [0, 0.1) is 6.92 Å². The van der Waals surface area contributed by atoms with E-state index >= 15 is 0 Å². The van der Waals surface area contributed by atoms with E-state index in [2.05, 4.69) is 50.2 Å². The van der Waals surface area contributed by atoms with Crippen LogP contribution < -0.4 is 9.21 Å². The summed E-state index contributed by atoms with van der Waals surface area (Å²) in [7, 11) is -2.23. The number of sulfonamides is 1. The van der Waals surface area contributed by atoms with Crippen molar-refractivity contribution < 1.29 is 8.42 Å². The molecule has 1 aliphatic rings. The van der Waals surface area contributed by atoms with Crippen molar-refractivity contribution in [3.63, 3.8) is 0 Å². The maximum absolute atomic E-state index is 13.2. The standard InChI is InChI=1S/C22H24N6O2S/c1-4-28-10-8-15-5-6-16(11-18(15)28)17-13-24-22-20(17)21(14(2)12-23-22)27(3)31(29,30)19-7-9-25-26-19/h5-7,9,11-13H,4,8,10H2,1-3H3,(H,23,24)(H,25,26). The maximum atomic E-state index is 13.2. The quantitative estimate of drug-likeness (QED) is 0.499. The van der Waals surface area contributed by atoms with Crippen molar-refractivity contribution in [2.45, 2.75) is 25.3 Å². The molecular formula is C22H24N6O2S. The Labute approximate surface area is 181 Å². The second-order valence-corrected chi connectivity index (χ2v) is 9.72. The number of aromatic amines is 2. The van der Waals surface area contributed by atoms with Gasteiger partial charge in [-0.25, -0.2) is 4.98 Å². The van der Waals surface area contributed by atoms with Crippen LogP contribution in [0.3, 0.4) is 0 Å². The number of fused-ring (bicyclic) bond motifs is 2. The third-order valence-corrected chi connectivity index (χ3v) is 7.74. The molecule has 5 rings (SSSR count). The first-order valence-corrected chi connectivity index (χ1v) is 11.7. The van der Waals surface area contributed by atoms with Gasteiger partial charge in [0.05, 0.1) is 17.3 Å². The third-order valence-electron chi connectivity index (χ3n) is 6.06. The van der Waals surface area contributed by atoms with Crippen molar-refractivity contribution in [3.05, 3.63) is 54.0 Å². The highest BCUT2D eigenvalue weighted by Crippen LogP contribution is 2.40. The number of rotatable bonds is 5. The number of nitrogens with zero attached hydrogens (tertiary/aromatic N) is 4. The van der Waals surface area contributed by atoms with Crippen LogP contribution in [0.5, 0.6) is 0 Å². The number of H-pyrrole nitrogens is 2. The molecule has 0 amide bonds. The molecule has 0 atom stereocenters. The lowest BCUT2D eigenvalue weighted by molar-refractivity contribution is 0.590. The summed E-state index contributed by atoms with van der Waals surface area (Å²) in [5.41, 5.74) is 6.58. The van der Waals surface area contributed by atoms with Gasteiger partial charge in [0.15, 0.2) is 5.03 Å². The molecule has 3 aromatic heterocycles. The zero-order chi connectivity index (χ0) is 21.8. The Morgan fingerprint density at radius 1 is 1.26 bits per heavy atom. The van der Waals surface area contributed by atoms with Crippen LogP contribution in [-0.4, -0.2) is 48.7 Å². The van der Waals surface area contributed by atoms with Gasteiger partial charge >= 0.3 is 0 Å². The molecule has 0 radical (unpaired) electrons. The minimum atomic E-state index is -3.80. The lowest BCUT2D eigenvalue weighted by Gasteiger charge is -2.22. The Bertz CT molecular complexity index is 1370. The Hall–Kier alpha value is -3.33. The highest BCUT2D eigenvalue weighted by atomic mass is 32.2. The van der Waals surface area contributed by atoms with E-state index in [1.54, 1.807) is 13.2 Å². The summed E-state index contributed by atoms with van der Waals surface area (Å²) in [6.07, 6.45) is 6.08. The number of hydrogen-bond acceptors (Lipinski definition) is 5. The second kappa shape index (κ2) is 7.12. The normalized spacial score (nSPS) is 13.7. The Morgan fingerprint density at radius 2 is 2.10 bits per heavy atom. The van der Waals surface area contributed by atoms with Gasteiger partial charge in [0.25, 0.3) is 10.0 Å². The fourth-order valence-corrected chi connectivity index (χ4v) is 5.57. The molecule has 160 valence electrons. The van der Waals surface area contributed by atoms with Gasteiger partial charge < -0.3 is 9.88 Å². The summed E-state index contributed by atoms with van der Waals surface area (Å²) >= 11 is 0. The molecule has 31 heavy (non-hydrogen) atoms. The molecule has 0 fully saturated rings. The molecular weight excluding hydrogens is 412 g/mol. The summed E-state index contributed by atoms with van der Waals surface area (Å²) in [6.45, 7) is 6.02. The number of anilines is 2. The van der Waals surface area contributed by atoms with E-state index in [-0.39, 0.29) is 5.03 Å². The van der Waals surface area contributed by atoms with E-state index in [4.69, 9.17) is 0 Å². The van der Waals surface area contributed by atoms with E-state index in [1.165, 1.54) is 27.8 Å². The SMILES string of the molecule is CCN1CCc2ccc(-c3c[nH]c4ncc(C)c(N(C)S(=O)(=O)c5ccn[nH]5)c34)cc21. The van der Waals surface area contributed by atoms with Gasteiger partial charge in [-0.1, -0.05) is 12.1 Å². The summed E-state index contributed by atoms with van der Waals surface area (Å²) in [4.78, 5) is 10.1. The Morgan fingerprint density at radius 3 is 2.84 bits per heavy atom. The first kappa shape index (κ1) is 19.6. The summed E-state index contributed by atoms with van der Waals surface area (Å²) in [6, 6.07) is 7.94. The topological polar surface area (TPSA) is 98.0 Å². The number of aromatic nitrogens is 4. The van der Waals surface area contributed by atoms with Crippen LogP contribution in [0.2, 0.25) is 0 Å². The summed E-state index contributed by atoms with van der Waals surface area (Å²) in [5, 5.41) is 7.20. The van der Waals surface area contributed by atoms with Crippen molar-refractivity contribution in [2.75, 3.05) is 29.3 Å². The van der Waals surface area contributed by atoms with Gasteiger partial charge in [0, 0.05) is 43.8 Å². The van der Waals surface area contributed by atoms with Crippen molar-refractivity contribution in [1.82, 2.24) is 20.2 Å². The van der Waals surface area contributed by atoms with Crippen LogP contribution in [0.25, 0.3) is 22.2 Å². The molecule has 0 unspecified atom stereocenters. The van der Waals surface area contributed by atoms with Crippen molar-refractivity contribution >= 4 is 32.4 Å². The minimum Gasteiger partial charge on any atom is -0.371 e. The molecule has 0 spiro atoms. The van der Waals surface area contributed by atoms with Crippen molar-refractivity contribution in [1.29, 1.82) is 0 Å². The number of benzene rings is 1. The molecule has 0 aliphatic carbocycles. The third kappa shape index (κ3) is 2.99. The highest BCUT2D eigenvalue weighted by Gasteiger charge is 2.28. The lowest BCUT2D eigenvalue weighted by atomic mass is 10.0. The molecule has 1 aromatic carbocycles. The Balaban J connectivity index is 1.71. The predicted octanol–water partition coefficient (Wildman–Crippen LogP) is 3.47. The van der Waals surface area contributed by atoms with Crippen LogP contribution >= 0.6 is 0 Å². The molecule has 2 N–H and O–H groups in total. The number of aryl methyl sites for hydroxylation is 1. The van der Waals surface area contributed by atoms with E-state index in [0.29, 0.717) is 11.3 Å². The van der Waals surface area contributed by atoms with Gasteiger partial charge in [-0.2, -0.15) is 13.5 Å². The van der Waals surface area contributed by atoms with Gasteiger partial charge in [0.2, 0.25) is 0 Å². The van der Waals surface area contributed by atoms with Gasteiger partial charge in [0.1, 0.15) is 5.65 Å². The molecule has 9 heteroatoms. The van der Waals surface area contributed by atoms with Crippen LogP contribution in [0.4, 0.5) is 11.4 Å². The van der Waals surface area contributed by atoms with Gasteiger partial charge in [-0.15, -0.1) is 0 Å². The van der Waals surface area contributed by atoms with Crippen LogP contribution in [0.15, 0.2) is 47.9 Å². The van der Waals surface area contributed by atoms with Crippen molar-refractivity contribution in [2.24, 2.45) is 0 Å². The zero-order valence-electron chi connectivity index (χ0n) is 17.7. The number of nitrogens with one attached hydrogen (secondary N) is 2. The van der Waals surface area contributed by atoms with E-state index in [9.17, 15) is 8.42 Å². The van der Waals surface area contributed by atoms with Gasteiger partial charge in [-0.3, -0.25) is 9.40 Å². The minimum absolute atomic E-state index is 0.0487. The summed E-state index contributed by atoms with van der Waals surface area (Å²) in [5.74, 6) is 0. The average molecular weight is 437 g/mol. The molecule has 0 saturated carbocycles. The van der Waals surface area contributed by atoms with E-state index in [1.807, 2.05) is 13.1 Å². The Kier molecular flexibility index (Phi) is 4.51. The first-order chi connectivity index (χ1) is 14.9. The maximum Gasteiger partial charge on any atom is 0.281 e. The van der Waals surface area contributed by atoms with Gasteiger partial charge in [-0.05, 0) is 49.1 Å². The lowest BCUT2D eigenvalue weighted by Crippen LogP contribution is -2.28. The average Bonchev–Trinajstić information content (AvgIpc) is 3.51. The van der Waals surface area contributed by atoms with E-state index < -0.39 is 10.0 Å². The fraction of sp³-hybridized carbons (Fsp3) is 0.273. The number of likely N-dealkylation sites (N-methyl/N-ethyl adjacent to an activating group) is 1. The molecule has 4 aromatic rings. The van der Waals surface area contributed by atoms with Crippen molar-refractivity contribution in [3.8, 4) is 11.1 Å². The van der Waals surface area contributed by atoms with Crippen LogP contribution in [0.1, 0.15) is 18.1 Å². The fourth-order valence-electron chi connectivity index (χ4n) is 4.40. The molecule has 4 heterocycles.